The van der Waals surface area contributed by atoms with Gasteiger partial charge >= 0.3 is 0 Å². The van der Waals surface area contributed by atoms with Gasteiger partial charge in [0.05, 0.1) is 30.5 Å². The molecule has 0 unspecified atom stereocenters. The third-order valence-electron chi connectivity index (χ3n) is 4.88. The van der Waals surface area contributed by atoms with Gasteiger partial charge in [0, 0.05) is 6.07 Å². The number of amides is 1. The van der Waals surface area contributed by atoms with Crippen molar-refractivity contribution in [2.24, 2.45) is 5.10 Å². The van der Waals surface area contributed by atoms with Crippen LogP contribution < -0.4 is 19.2 Å². The van der Waals surface area contributed by atoms with Gasteiger partial charge in [-0.25, -0.2) is 18.2 Å². The van der Waals surface area contributed by atoms with Gasteiger partial charge in [-0.3, -0.25) is 9.10 Å². The Bertz CT molecular complexity index is 1280. The normalized spacial score (nSPS) is 11.6. The Labute approximate surface area is 197 Å². The van der Waals surface area contributed by atoms with E-state index in [1.807, 2.05) is 0 Å². The molecule has 0 atom stereocenters. The molecule has 0 spiro atoms. The van der Waals surface area contributed by atoms with E-state index >= 15 is 0 Å². The van der Waals surface area contributed by atoms with Crippen LogP contribution in [0.1, 0.15) is 12.5 Å². The quantitative estimate of drug-likeness (QED) is 0.369. The van der Waals surface area contributed by atoms with Crippen molar-refractivity contribution in [3.63, 3.8) is 0 Å². The first-order chi connectivity index (χ1) is 16.3. The smallest absolute Gasteiger partial charge is 0.264 e. The summed E-state index contributed by atoms with van der Waals surface area (Å²) in [6.45, 7) is 1.05. The predicted molar refractivity (Wildman–Crippen MR) is 127 cm³/mol. The highest BCUT2D eigenvalue weighted by Gasteiger charge is 2.29. The van der Waals surface area contributed by atoms with Gasteiger partial charge in [-0.2, -0.15) is 5.10 Å². The van der Waals surface area contributed by atoms with Crippen LogP contribution in [0, 0.1) is 5.82 Å². The first-order valence-corrected chi connectivity index (χ1v) is 11.6. The van der Waals surface area contributed by atoms with Crippen molar-refractivity contribution in [2.75, 3.05) is 25.1 Å². The molecule has 0 fully saturated rings. The number of nitrogens with one attached hydrogen (secondary N) is 1. The summed E-state index contributed by atoms with van der Waals surface area (Å²) in [4.78, 5) is 12.8. The number of hydrazone groups is 1. The molecule has 0 bridgehead atoms. The molecular formula is C24H24FN3O5S. The van der Waals surface area contributed by atoms with Crippen molar-refractivity contribution >= 4 is 27.3 Å². The van der Waals surface area contributed by atoms with Crippen molar-refractivity contribution in [2.45, 2.75) is 11.8 Å². The summed E-state index contributed by atoms with van der Waals surface area (Å²) in [5, 5.41) is 4.02. The van der Waals surface area contributed by atoms with Gasteiger partial charge in [-0.15, -0.1) is 0 Å². The van der Waals surface area contributed by atoms with E-state index < -0.39 is 28.3 Å². The van der Waals surface area contributed by atoms with E-state index in [1.54, 1.807) is 37.3 Å². The second-order valence-electron chi connectivity index (χ2n) is 7.10. The maximum absolute atomic E-state index is 13.5. The summed E-state index contributed by atoms with van der Waals surface area (Å²) in [6, 6.07) is 18.0. The minimum absolute atomic E-state index is 0.00123. The van der Waals surface area contributed by atoms with Gasteiger partial charge in [0.15, 0.2) is 0 Å². The van der Waals surface area contributed by atoms with Crippen molar-refractivity contribution in [3.05, 3.63) is 84.2 Å². The highest BCUT2D eigenvalue weighted by Crippen LogP contribution is 2.35. The molecule has 8 nitrogen and oxygen atoms in total. The Morgan fingerprint density at radius 3 is 2.29 bits per heavy atom. The molecule has 3 aromatic carbocycles. The fraction of sp³-hybridized carbons (Fsp3) is 0.167. The minimum atomic E-state index is -4.16. The molecule has 3 aromatic rings. The van der Waals surface area contributed by atoms with Crippen LogP contribution in [-0.4, -0.2) is 40.8 Å². The summed E-state index contributed by atoms with van der Waals surface area (Å²) in [6.07, 6.45) is 0. The average molecular weight is 486 g/mol. The summed E-state index contributed by atoms with van der Waals surface area (Å²) >= 11 is 0. The lowest BCUT2D eigenvalue weighted by Crippen LogP contribution is -2.40. The van der Waals surface area contributed by atoms with Gasteiger partial charge < -0.3 is 9.47 Å². The molecule has 10 heteroatoms. The highest BCUT2D eigenvalue weighted by atomic mass is 32.2. The predicted octanol–water partition coefficient (Wildman–Crippen LogP) is 3.58. The fourth-order valence-electron chi connectivity index (χ4n) is 3.08. The fourth-order valence-corrected chi connectivity index (χ4v) is 4.52. The number of sulfonamides is 1. The zero-order chi connectivity index (χ0) is 24.7. The number of benzene rings is 3. The maximum Gasteiger partial charge on any atom is 0.264 e. The highest BCUT2D eigenvalue weighted by molar-refractivity contribution is 7.92. The van der Waals surface area contributed by atoms with Crippen LogP contribution >= 0.6 is 0 Å². The first-order valence-electron chi connectivity index (χ1n) is 10.1. The van der Waals surface area contributed by atoms with Crippen LogP contribution in [0.2, 0.25) is 0 Å². The van der Waals surface area contributed by atoms with Gasteiger partial charge in [0.1, 0.15) is 23.9 Å². The molecular weight excluding hydrogens is 461 g/mol. The molecule has 0 saturated heterocycles. The van der Waals surface area contributed by atoms with Crippen molar-refractivity contribution in [3.8, 4) is 11.5 Å². The van der Waals surface area contributed by atoms with E-state index in [9.17, 15) is 17.6 Å². The number of carbonyl (C=O) groups is 1. The summed E-state index contributed by atoms with van der Waals surface area (Å²) in [5.41, 5.74) is 3.51. The van der Waals surface area contributed by atoms with E-state index in [0.717, 1.165) is 4.31 Å². The zero-order valence-electron chi connectivity index (χ0n) is 18.9. The Balaban J connectivity index is 1.96. The summed E-state index contributed by atoms with van der Waals surface area (Å²) < 4.78 is 51.7. The average Bonchev–Trinajstić information content (AvgIpc) is 2.86. The van der Waals surface area contributed by atoms with E-state index in [1.165, 1.54) is 56.7 Å². The molecule has 178 valence electrons. The molecule has 3 rings (SSSR count). The number of hydrogen-bond donors (Lipinski definition) is 1. The summed E-state index contributed by atoms with van der Waals surface area (Å²) in [5.74, 6) is -0.464. The largest absolute Gasteiger partial charge is 0.497 e. The molecule has 1 N–H and O–H groups in total. The van der Waals surface area contributed by atoms with Crippen molar-refractivity contribution in [1.29, 1.82) is 0 Å². The van der Waals surface area contributed by atoms with Gasteiger partial charge in [-0.1, -0.05) is 30.3 Å². The Hall–Kier alpha value is -3.92. The lowest BCUT2D eigenvalue weighted by atomic mass is 10.1. The SMILES string of the molecule is COc1ccc(OC)c(N(CC(=O)N/N=C(\C)c2ccc(F)cc2)S(=O)(=O)c2ccccc2)c1. The third-order valence-corrected chi connectivity index (χ3v) is 6.66. The van der Waals surface area contributed by atoms with Crippen LogP contribution in [0.3, 0.4) is 0 Å². The molecule has 0 heterocycles. The van der Waals surface area contributed by atoms with E-state index in [-0.39, 0.29) is 16.3 Å². The molecule has 0 aliphatic carbocycles. The van der Waals surface area contributed by atoms with E-state index in [0.29, 0.717) is 17.0 Å². The number of carbonyl (C=O) groups excluding carboxylic acids is 1. The summed E-state index contributed by atoms with van der Waals surface area (Å²) in [7, 11) is -1.31. The lowest BCUT2D eigenvalue weighted by Gasteiger charge is -2.25. The first kappa shape index (κ1) is 24.7. The number of hydrogen-bond acceptors (Lipinski definition) is 6. The molecule has 0 saturated carbocycles. The minimum Gasteiger partial charge on any atom is -0.497 e. The molecule has 0 radical (unpaired) electrons. The standard InChI is InChI=1S/C24H24FN3O5S/c1-17(18-9-11-19(25)12-10-18)26-27-24(29)16-28(34(30,31)21-7-5-4-6-8-21)22-15-20(32-2)13-14-23(22)33-3/h4-15H,16H2,1-3H3,(H,27,29)/b26-17+. The Kier molecular flexibility index (Phi) is 7.85. The number of ether oxygens (including phenoxy) is 2. The number of nitrogens with zero attached hydrogens (tertiary/aromatic N) is 2. The van der Waals surface area contributed by atoms with Crippen LogP contribution in [-0.2, 0) is 14.8 Å². The molecule has 0 aliphatic rings. The lowest BCUT2D eigenvalue weighted by molar-refractivity contribution is -0.119. The molecule has 34 heavy (non-hydrogen) atoms. The molecule has 1 amide bonds. The van der Waals surface area contributed by atoms with Crippen LogP contribution in [0.5, 0.6) is 11.5 Å². The number of rotatable bonds is 9. The zero-order valence-corrected chi connectivity index (χ0v) is 19.7. The van der Waals surface area contributed by atoms with Crippen LogP contribution in [0.15, 0.2) is 82.8 Å². The monoisotopic (exact) mass is 485 g/mol. The Morgan fingerprint density at radius 1 is 1.00 bits per heavy atom. The number of methoxy groups -OCH3 is 2. The van der Waals surface area contributed by atoms with Crippen molar-refractivity contribution in [1.82, 2.24) is 5.43 Å². The van der Waals surface area contributed by atoms with Gasteiger partial charge in [0.2, 0.25) is 0 Å². The Morgan fingerprint density at radius 2 is 1.68 bits per heavy atom. The molecule has 0 aromatic heterocycles. The van der Waals surface area contributed by atoms with Gasteiger partial charge in [-0.05, 0) is 48.9 Å². The second-order valence-corrected chi connectivity index (χ2v) is 8.96. The number of halogens is 1. The second kappa shape index (κ2) is 10.8. The van der Waals surface area contributed by atoms with Crippen LogP contribution in [0.25, 0.3) is 0 Å². The van der Waals surface area contributed by atoms with E-state index in [4.69, 9.17) is 9.47 Å². The van der Waals surface area contributed by atoms with Crippen LogP contribution in [0.4, 0.5) is 10.1 Å². The third kappa shape index (κ3) is 5.70. The number of anilines is 1. The van der Waals surface area contributed by atoms with E-state index in [2.05, 4.69) is 10.5 Å². The van der Waals surface area contributed by atoms with Gasteiger partial charge in [0.25, 0.3) is 15.9 Å². The topological polar surface area (TPSA) is 97.3 Å². The molecule has 0 aliphatic heterocycles. The maximum atomic E-state index is 13.5. The van der Waals surface area contributed by atoms with Crippen molar-refractivity contribution < 1.29 is 27.1 Å².